The third kappa shape index (κ3) is 7.25. The van der Waals surface area contributed by atoms with Gasteiger partial charge in [-0.05, 0) is 64.7 Å². The van der Waals surface area contributed by atoms with Gasteiger partial charge in [0.15, 0.2) is 28.7 Å². The van der Waals surface area contributed by atoms with E-state index < -0.39 is 17.9 Å². The molecule has 64 heavy (non-hydrogen) atoms. The van der Waals surface area contributed by atoms with Gasteiger partial charge in [-0.25, -0.2) is 4.79 Å². The van der Waals surface area contributed by atoms with Crippen molar-refractivity contribution >= 4 is 64.9 Å². The van der Waals surface area contributed by atoms with E-state index in [1.807, 2.05) is 48.5 Å². The number of amides is 5. The number of carbonyl (C=O) groups excluding carboxylic acids is 5. The molecule has 1 fully saturated rings. The van der Waals surface area contributed by atoms with Gasteiger partial charge in [-0.3, -0.25) is 39.0 Å². The van der Waals surface area contributed by atoms with Gasteiger partial charge in [-0.2, -0.15) is 5.48 Å². The van der Waals surface area contributed by atoms with E-state index in [4.69, 9.17) is 38.6 Å². The van der Waals surface area contributed by atoms with Crippen molar-refractivity contribution in [2.75, 3.05) is 24.0 Å². The molecule has 5 aliphatic rings. The second-order valence-electron chi connectivity index (χ2n) is 15.5. The maximum Gasteiger partial charge on any atom is 0.465 e. The molecule has 2 atom stereocenters. The Morgan fingerprint density at radius 3 is 1.61 bits per heavy atom. The van der Waals surface area contributed by atoms with Crippen molar-refractivity contribution < 1.29 is 52.6 Å². The number of hydrogen-bond donors (Lipinski definition) is 1. The lowest BCUT2D eigenvalue weighted by Crippen LogP contribution is -2.38. The number of nitrogens with one attached hydrogen (secondary N) is 1. The maximum atomic E-state index is 14.0. The van der Waals surface area contributed by atoms with Gasteiger partial charge in [0.2, 0.25) is 0 Å². The highest BCUT2D eigenvalue weighted by molar-refractivity contribution is 6.16. The van der Waals surface area contributed by atoms with Crippen LogP contribution in [0.2, 0.25) is 0 Å². The molecule has 0 bridgehead atoms. The minimum absolute atomic E-state index is 0.0554. The summed E-state index contributed by atoms with van der Waals surface area (Å²) in [6.45, 7) is -0.111. The molecule has 0 saturated carbocycles. The molecule has 10 rings (SSSR count). The van der Waals surface area contributed by atoms with Crippen molar-refractivity contribution in [3.63, 3.8) is 0 Å². The van der Waals surface area contributed by atoms with Crippen LogP contribution in [0.1, 0.15) is 55.8 Å². The summed E-state index contributed by atoms with van der Waals surface area (Å²) in [5.41, 5.74) is 8.59. The van der Waals surface area contributed by atoms with Crippen LogP contribution in [0.25, 0.3) is 0 Å². The Labute approximate surface area is 365 Å². The molecule has 17 nitrogen and oxygen atoms in total. The number of methoxy groups -OCH3 is 2. The predicted octanol–water partition coefficient (Wildman–Crippen LogP) is 6.52. The summed E-state index contributed by atoms with van der Waals surface area (Å²) in [6.07, 6.45) is 3.48. The number of carbonyl (C=O) groups is 5. The molecule has 0 spiro atoms. The summed E-state index contributed by atoms with van der Waals surface area (Å²) in [4.78, 5) is 87.9. The fraction of sp³-hybridized carbons (Fsp3) is 0.213. The van der Waals surface area contributed by atoms with Crippen molar-refractivity contribution in [2.45, 2.75) is 51.0 Å². The third-order valence-electron chi connectivity index (χ3n) is 11.5. The maximum absolute atomic E-state index is 14.0. The van der Waals surface area contributed by atoms with E-state index in [0.717, 1.165) is 22.5 Å². The minimum atomic E-state index is -1.20. The average molecular weight is 863 g/mol. The molecule has 17 heteroatoms. The Hall–Kier alpha value is -8.21. The van der Waals surface area contributed by atoms with Crippen LogP contribution < -0.4 is 39.1 Å². The molecular weight excluding hydrogens is 825 g/mol. The molecule has 0 unspecified atom stereocenters. The van der Waals surface area contributed by atoms with Gasteiger partial charge in [0.05, 0.1) is 48.8 Å². The van der Waals surface area contributed by atoms with Gasteiger partial charge in [0.1, 0.15) is 13.2 Å². The van der Waals surface area contributed by atoms with Gasteiger partial charge < -0.3 is 28.6 Å². The van der Waals surface area contributed by atoms with Gasteiger partial charge in [-0.1, -0.05) is 36.4 Å². The van der Waals surface area contributed by atoms with E-state index in [-0.39, 0.29) is 55.7 Å². The average Bonchev–Trinajstić information content (AvgIpc) is 3.93. The van der Waals surface area contributed by atoms with Crippen molar-refractivity contribution in [3.8, 4) is 28.7 Å². The van der Waals surface area contributed by atoms with Crippen LogP contribution in [0.15, 0.2) is 101 Å². The molecule has 0 aliphatic carbocycles. The summed E-state index contributed by atoms with van der Waals surface area (Å²) in [6, 6.07) is 26.6. The minimum Gasteiger partial charge on any atom is -0.493 e. The van der Waals surface area contributed by atoms with E-state index in [2.05, 4.69) is 5.48 Å². The number of para-hydroxylation sites is 2. The fourth-order valence-electron chi connectivity index (χ4n) is 8.51. The molecule has 0 aromatic heterocycles. The molecular formula is C47H38N6O11. The summed E-state index contributed by atoms with van der Waals surface area (Å²) >= 11 is 0. The number of imide groups is 1. The first-order chi connectivity index (χ1) is 31.1. The van der Waals surface area contributed by atoms with E-state index in [1.54, 1.807) is 64.7 Å². The Morgan fingerprint density at radius 1 is 0.641 bits per heavy atom. The number of benzene rings is 5. The normalized spacial score (nSPS) is 17.7. The number of hydrogen-bond acceptors (Lipinski definition) is 13. The summed E-state index contributed by atoms with van der Waals surface area (Å²) in [5, 5.41) is 0.393. The highest BCUT2D eigenvalue weighted by Crippen LogP contribution is 2.43. The smallest absolute Gasteiger partial charge is 0.465 e. The number of hydroxylamine groups is 3. The molecule has 5 aromatic rings. The van der Waals surface area contributed by atoms with E-state index >= 15 is 0 Å². The molecule has 0 radical (unpaired) electrons. The molecule has 5 heterocycles. The van der Waals surface area contributed by atoms with Crippen LogP contribution in [-0.4, -0.2) is 73.5 Å². The molecule has 1 saturated heterocycles. The zero-order valence-electron chi connectivity index (χ0n) is 34.4. The highest BCUT2D eigenvalue weighted by atomic mass is 16.8. The van der Waals surface area contributed by atoms with Crippen molar-refractivity contribution in [1.29, 1.82) is 0 Å². The number of anilines is 2. The molecule has 5 aliphatic heterocycles. The fourth-order valence-corrected chi connectivity index (χ4v) is 8.51. The van der Waals surface area contributed by atoms with Crippen LogP contribution in [0.3, 0.4) is 0 Å². The van der Waals surface area contributed by atoms with Gasteiger partial charge in [0.25, 0.3) is 23.6 Å². The van der Waals surface area contributed by atoms with Crippen LogP contribution >= 0.6 is 0 Å². The molecule has 5 amide bonds. The number of aliphatic imine (C=N–C) groups is 2. The zero-order valence-corrected chi connectivity index (χ0v) is 34.4. The van der Waals surface area contributed by atoms with Crippen molar-refractivity contribution in [3.05, 3.63) is 124 Å². The van der Waals surface area contributed by atoms with Gasteiger partial charge >= 0.3 is 6.09 Å². The predicted molar refractivity (Wildman–Crippen MR) is 230 cm³/mol. The van der Waals surface area contributed by atoms with E-state index in [1.165, 1.54) is 14.2 Å². The Morgan fingerprint density at radius 2 is 1.12 bits per heavy atom. The van der Waals surface area contributed by atoms with Crippen molar-refractivity contribution in [2.24, 2.45) is 9.98 Å². The van der Waals surface area contributed by atoms with E-state index in [9.17, 15) is 24.0 Å². The standard InChI is InChI=1S/C47H38N6O11/c1-59-39-18-33-35(48-22-30-16-28-7-3-5-9-37(28)51(30)45(33)56)20-41(39)61-24-26-13-27(15-32(14-26)63-50-47(58)64-53-43(54)11-12-44(53)55)25-62-42-21-36-34(19-40(42)60-2)46(57)52-31(23-49-36)17-29-8-4-6-10-38(29)52/h3-10,13-15,18-23,30-31H,11-12,16-17,24-25H2,1-2H3,(H,50,58)/t30-,31-/m0/s1. The summed E-state index contributed by atoms with van der Waals surface area (Å²) in [5.74, 6) is -0.361. The second kappa shape index (κ2) is 16.2. The van der Waals surface area contributed by atoms with Crippen LogP contribution in [0, 0.1) is 0 Å². The number of ether oxygens (including phenoxy) is 4. The zero-order chi connectivity index (χ0) is 44.1. The van der Waals surface area contributed by atoms with Crippen LogP contribution in [-0.2, 0) is 40.5 Å². The molecule has 322 valence electrons. The van der Waals surface area contributed by atoms with Crippen LogP contribution in [0.4, 0.5) is 27.5 Å². The lowest BCUT2D eigenvalue weighted by Gasteiger charge is -2.22. The first-order valence-electron chi connectivity index (χ1n) is 20.4. The number of fused-ring (bicyclic) bond motifs is 8. The van der Waals surface area contributed by atoms with E-state index in [0.29, 0.717) is 74.5 Å². The lowest BCUT2D eigenvalue weighted by molar-refractivity contribution is -0.172. The second-order valence-corrected chi connectivity index (χ2v) is 15.5. The monoisotopic (exact) mass is 862 g/mol. The first kappa shape index (κ1) is 39.9. The topological polar surface area (TPSA) is 187 Å². The number of rotatable bonds is 11. The number of nitrogens with zero attached hydrogens (tertiary/aromatic N) is 5. The summed E-state index contributed by atoms with van der Waals surface area (Å²) in [7, 11) is 2.95. The van der Waals surface area contributed by atoms with Crippen LogP contribution in [0.5, 0.6) is 28.7 Å². The Balaban J connectivity index is 0.906. The quantitative estimate of drug-likeness (QED) is 0.113. The largest absolute Gasteiger partial charge is 0.493 e. The van der Waals surface area contributed by atoms with Gasteiger partial charge in [-0.15, -0.1) is 5.06 Å². The molecule has 1 N–H and O–H groups in total. The molecule has 5 aromatic carbocycles. The highest BCUT2D eigenvalue weighted by Gasteiger charge is 2.38. The Kier molecular flexibility index (Phi) is 10.1. The Bertz CT molecular complexity index is 2680. The summed E-state index contributed by atoms with van der Waals surface area (Å²) < 4.78 is 24.0. The lowest BCUT2D eigenvalue weighted by atomic mass is 10.1. The third-order valence-corrected chi connectivity index (χ3v) is 11.5. The van der Waals surface area contributed by atoms with Crippen molar-refractivity contribution in [1.82, 2.24) is 10.5 Å². The first-order valence-corrected chi connectivity index (χ1v) is 20.4. The van der Waals surface area contributed by atoms with Gasteiger partial charge in [0, 0.05) is 61.6 Å². The SMILES string of the molecule is COc1cc2c(cc1OCc1cc(COc3cc4c(cc3OC)C(=O)N3c5ccccc5C[C@H]3C=N4)cc(ONC(=O)ON3C(=O)CCC3=O)c1)N=C[C@@H]1Cc3ccccc3N1C2=O.